The molecular weight excluding hydrogens is 374 g/mol. The standard InChI is InChI=1S/C19H19N7OS/c1-13(2)25-16(8-9-22-25)24-17(27)11-28-19-15-10-23-26(18(15)20-12-21-19)14-6-4-3-5-7-14/h3-10,12-13H,11H2,1-2H3,(H,24,27). The van der Waals surface area contributed by atoms with Crippen molar-refractivity contribution in [3.8, 4) is 5.69 Å². The van der Waals surface area contributed by atoms with Gasteiger partial charge in [0.25, 0.3) is 0 Å². The highest BCUT2D eigenvalue weighted by atomic mass is 32.2. The molecule has 1 aromatic carbocycles. The monoisotopic (exact) mass is 393 g/mol. The zero-order chi connectivity index (χ0) is 19.5. The van der Waals surface area contributed by atoms with E-state index in [0.717, 1.165) is 16.1 Å². The van der Waals surface area contributed by atoms with Gasteiger partial charge in [0.1, 0.15) is 17.2 Å². The molecule has 28 heavy (non-hydrogen) atoms. The van der Waals surface area contributed by atoms with E-state index >= 15 is 0 Å². The second kappa shape index (κ2) is 7.81. The third-order valence-corrected chi connectivity index (χ3v) is 5.10. The molecule has 0 bridgehead atoms. The molecule has 4 aromatic rings. The zero-order valence-corrected chi connectivity index (χ0v) is 16.3. The second-order valence-electron chi connectivity index (χ2n) is 6.40. The first-order valence-electron chi connectivity index (χ1n) is 8.84. The number of thioether (sulfide) groups is 1. The molecular formula is C19H19N7OS. The van der Waals surface area contributed by atoms with Gasteiger partial charge in [-0.15, -0.1) is 0 Å². The highest BCUT2D eigenvalue weighted by molar-refractivity contribution is 8.00. The Morgan fingerprint density at radius 2 is 1.96 bits per heavy atom. The summed E-state index contributed by atoms with van der Waals surface area (Å²) in [5, 5.41) is 13.1. The van der Waals surface area contributed by atoms with Gasteiger partial charge in [-0.3, -0.25) is 4.79 Å². The van der Waals surface area contributed by atoms with Crippen molar-refractivity contribution in [3.05, 3.63) is 55.1 Å². The molecule has 0 fully saturated rings. The van der Waals surface area contributed by atoms with Crippen LogP contribution in [0.3, 0.4) is 0 Å². The van der Waals surface area contributed by atoms with Crippen LogP contribution in [0.2, 0.25) is 0 Å². The Hall–Kier alpha value is -3.20. The first-order chi connectivity index (χ1) is 13.6. The lowest BCUT2D eigenvalue weighted by molar-refractivity contribution is -0.113. The first-order valence-corrected chi connectivity index (χ1v) is 9.82. The smallest absolute Gasteiger partial charge is 0.235 e. The number of nitrogens with one attached hydrogen (secondary N) is 1. The molecule has 0 unspecified atom stereocenters. The van der Waals surface area contributed by atoms with Crippen molar-refractivity contribution in [1.29, 1.82) is 0 Å². The quantitative estimate of drug-likeness (QED) is 0.399. The SMILES string of the molecule is CC(C)n1nccc1NC(=O)CSc1ncnc2c1cnn2-c1ccccc1. The predicted molar refractivity (Wildman–Crippen MR) is 109 cm³/mol. The van der Waals surface area contributed by atoms with Gasteiger partial charge < -0.3 is 5.32 Å². The highest BCUT2D eigenvalue weighted by Crippen LogP contribution is 2.26. The van der Waals surface area contributed by atoms with Gasteiger partial charge in [-0.2, -0.15) is 10.2 Å². The zero-order valence-electron chi connectivity index (χ0n) is 15.5. The number of carbonyl (C=O) groups excluding carboxylic acids is 1. The van der Waals surface area contributed by atoms with Gasteiger partial charge in [0.05, 0.1) is 29.2 Å². The molecule has 0 aliphatic heterocycles. The Balaban J connectivity index is 1.50. The summed E-state index contributed by atoms with van der Waals surface area (Å²) in [4.78, 5) is 21.1. The molecule has 3 heterocycles. The van der Waals surface area contributed by atoms with Gasteiger partial charge >= 0.3 is 0 Å². The molecule has 9 heteroatoms. The molecule has 1 amide bonds. The molecule has 142 valence electrons. The fourth-order valence-electron chi connectivity index (χ4n) is 2.83. The van der Waals surface area contributed by atoms with Crippen molar-refractivity contribution < 1.29 is 4.79 Å². The van der Waals surface area contributed by atoms with Gasteiger partial charge in [0.15, 0.2) is 5.65 Å². The van der Waals surface area contributed by atoms with E-state index in [0.29, 0.717) is 11.5 Å². The van der Waals surface area contributed by atoms with E-state index in [2.05, 4.69) is 25.5 Å². The number of hydrogen-bond donors (Lipinski definition) is 1. The summed E-state index contributed by atoms with van der Waals surface area (Å²) in [7, 11) is 0. The summed E-state index contributed by atoms with van der Waals surface area (Å²) in [5.74, 6) is 0.797. The van der Waals surface area contributed by atoms with Crippen molar-refractivity contribution in [3.63, 3.8) is 0 Å². The van der Waals surface area contributed by atoms with E-state index in [1.807, 2.05) is 44.2 Å². The number of nitrogens with zero attached hydrogens (tertiary/aromatic N) is 6. The fraction of sp³-hybridized carbons (Fsp3) is 0.211. The van der Waals surface area contributed by atoms with Gasteiger partial charge in [-0.05, 0) is 26.0 Å². The van der Waals surface area contributed by atoms with Crippen molar-refractivity contribution in [2.75, 3.05) is 11.1 Å². The lowest BCUT2D eigenvalue weighted by Crippen LogP contribution is -2.18. The molecule has 8 nitrogen and oxygen atoms in total. The van der Waals surface area contributed by atoms with Crippen LogP contribution in [-0.2, 0) is 4.79 Å². The third kappa shape index (κ3) is 3.61. The Kier molecular flexibility index (Phi) is 5.07. The topological polar surface area (TPSA) is 90.5 Å². The summed E-state index contributed by atoms with van der Waals surface area (Å²) in [6.07, 6.45) is 4.91. The van der Waals surface area contributed by atoms with Crippen LogP contribution in [0.5, 0.6) is 0 Å². The largest absolute Gasteiger partial charge is 0.310 e. The minimum absolute atomic E-state index is 0.116. The highest BCUT2D eigenvalue weighted by Gasteiger charge is 2.14. The Morgan fingerprint density at radius 1 is 1.14 bits per heavy atom. The number of hydrogen-bond acceptors (Lipinski definition) is 6. The molecule has 0 aliphatic carbocycles. The molecule has 0 saturated heterocycles. The van der Waals surface area contributed by atoms with Crippen LogP contribution < -0.4 is 5.32 Å². The van der Waals surface area contributed by atoms with Gasteiger partial charge in [0, 0.05) is 12.1 Å². The fourth-order valence-corrected chi connectivity index (χ4v) is 3.59. The Morgan fingerprint density at radius 3 is 2.75 bits per heavy atom. The Labute approximate surface area is 166 Å². The molecule has 0 aliphatic rings. The third-order valence-electron chi connectivity index (χ3n) is 4.10. The lowest BCUT2D eigenvalue weighted by atomic mass is 10.3. The average Bonchev–Trinajstić information content (AvgIpc) is 3.34. The van der Waals surface area contributed by atoms with E-state index in [-0.39, 0.29) is 17.7 Å². The van der Waals surface area contributed by atoms with Crippen LogP contribution in [0.1, 0.15) is 19.9 Å². The maximum Gasteiger partial charge on any atom is 0.235 e. The summed E-state index contributed by atoms with van der Waals surface area (Å²) in [6, 6.07) is 11.7. The van der Waals surface area contributed by atoms with E-state index in [1.54, 1.807) is 27.8 Å². The van der Waals surface area contributed by atoms with E-state index in [9.17, 15) is 4.79 Å². The van der Waals surface area contributed by atoms with Crippen LogP contribution in [0, 0.1) is 0 Å². The van der Waals surface area contributed by atoms with Crippen molar-refractivity contribution in [2.24, 2.45) is 0 Å². The molecule has 0 saturated carbocycles. The first kappa shape index (κ1) is 18.2. The number of benzene rings is 1. The van der Waals surface area contributed by atoms with Gasteiger partial charge in [-0.1, -0.05) is 30.0 Å². The maximum absolute atomic E-state index is 12.4. The van der Waals surface area contributed by atoms with Crippen LogP contribution in [-0.4, -0.2) is 41.2 Å². The molecule has 0 spiro atoms. The van der Waals surface area contributed by atoms with Crippen LogP contribution in [0.25, 0.3) is 16.7 Å². The van der Waals surface area contributed by atoms with E-state index in [4.69, 9.17) is 0 Å². The molecule has 4 rings (SSSR count). The van der Waals surface area contributed by atoms with Crippen molar-refractivity contribution in [2.45, 2.75) is 24.9 Å². The maximum atomic E-state index is 12.4. The minimum Gasteiger partial charge on any atom is -0.310 e. The molecule has 0 atom stereocenters. The molecule has 3 aromatic heterocycles. The van der Waals surface area contributed by atoms with Crippen LogP contribution >= 0.6 is 11.8 Å². The molecule has 0 radical (unpaired) electrons. The lowest BCUT2D eigenvalue weighted by Gasteiger charge is -2.11. The van der Waals surface area contributed by atoms with E-state index in [1.165, 1.54) is 18.1 Å². The predicted octanol–water partition coefficient (Wildman–Crippen LogP) is 3.32. The number of amides is 1. The number of fused-ring (bicyclic) bond motifs is 1. The van der Waals surface area contributed by atoms with Gasteiger partial charge in [-0.25, -0.2) is 19.3 Å². The van der Waals surface area contributed by atoms with Crippen LogP contribution in [0.4, 0.5) is 5.82 Å². The summed E-state index contributed by atoms with van der Waals surface area (Å²) >= 11 is 1.36. The average molecular weight is 393 g/mol. The van der Waals surface area contributed by atoms with Gasteiger partial charge in [0.2, 0.25) is 5.91 Å². The van der Waals surface area contributed by atoms with Crippen LogP contribution in [0.15, 0.2) is 60.1 Å². The summed E-state index contributed by atoms with van der Waals surface area (Å²) in [5.41, 5.74) is 1.63. The minimum atomic E-state index is -0.116. The number of para-hydroxylation sites is 1. The normalized spacial score (nSPS) is 11.2. The number of aromatic nitrogens is 6. The molecule has 1 N–H and O–H groups in total. The number of rotatable bonds is 6. The summed E-state index contributed by atoms with van der Waals surface area (Å²) in [6.45, 7) is 4.03. The number of anilines is 1. The summed E-state index contributed by atoms with van der Waals surface area (Å²) < 4.78 is 3.54. The Bertz CT molecular complexity index is 1100. The van der Waals surface area contributed by atoms with Crippen molar-refractivity contribution in [1.82, 2.24) is 29.5 Å². The number of carbonyl (C=O) groups is 1. The van der Waals surface area contributed by atoms with E-state index < -0.39 is 0 Å². The van der Waals surface area contributed by atoms with Crippen molar-refractivity contribution >= 4 is 34.5 Å². The second-order valence-corrected chi connectivity index (χ2v) is 7.36.